The van der Waals surface area contributed by atoms with Crippen molar-refractivity contribution in [3.63, 3.8) is 0 Å². The maximum absolute atomic E-state index is 5.66. The Kier molecular flexibility index (Phi) is 4.76. The number of furan rings is 1. The van der Waals surface area contributed by atoms with E-state index in [1.165, 1.54) is 57.4 Å². The maximum Gasteiger partial charge on any atom is 0.118 e. The van der Waals surface area contributed by atoms with E-state index in [2.05, 4.69) is 21.2 Å². The van der Waals surface area contributed by atoms with Gasteiger partial charge in [-0.2, -0.15) is 0 Å². The lowest BCUT2D eigenvalue weighted by atomic mass is 10.1. The molecule has 0 spiro atoms. The van der Waals surface area contributed by atoms with E-state index in [0.717, 1.165) is 24.9 Å². The van der Waals surface area contributed by atoms with Crippen molar-refractivity contribution in [1.82, 2.24) is 15.1 Å². The third-order valence-electron chi connectivity index (χ3n) is 4.62. The van der Waals surface area contributed by atoms with Gasteiger partial charge in [-0.25, -0.2) is 0 Å². The number of piperidine rings is 1. The third kappa shape index (κ3) is 3.43. The Balaban J connectivity index is 1.49. The minimum Gasteiger partial charge on any atom is -0.468 e. The smallest absolute Gasteiger partial charge is 0.118 e. The van der Waals surface area contributed by atoms with Crippen LogP contribution in [-0.4, -0.2) is 49.1 Å². The highest BCUT2D eigenvalue weighted by atomic mass is 16.3. The van der Waals surface area contributed by atoms with E-state index in [9.17, 15) is 0 Å². The monoisotopic (exact) mass is 277 g/mol. The lowest BCUT2D eigenvalue weighted by Crippen LogP contribution is -2.40. The molecule has 0 amide bonds. The summed E-state index contributed by atoms with van der Waals surface area (Å²) in [4.78, 5) is 5.25. The highest BCUT2D eigenvalue weighted by Crippen LogP contribution is 2.22. The molecule has 0 aliphatic carbocycles. The van der Waals surface area contributed by atoms with Crippen LogP contribution < -0.4 is 5.32 Å². The van der Waals surface area contributed by atoms with E-state index >= 15 is 0 Å². The normalized spacial score (nSPS) is 25.4. The first-order valence-electron chi connectivity index (χ1n) is 8.02. The topological polar surface area (TPSA) is 31.7 Å². The van der Waals surface area contributed by atoms with Gasteiger partial charge >= 0.3 is 0 Å². The van der Waals surface area contributed by atoms with Crippen molar-refractivity contribution in [3.05, 3.63) is 23.7 Å². The van der Waals surface area contributed by atoms with Gasteiger partial charge in [0, 0.05) is 31.2 Å². The lowest BCUT2D eigenvalue weighted by molar-refractivity contribution is 0.159. The first kappa shape index (κ1) is 14.1. The summed E-state index contributed by atoms with van der Waals surface area (Å²) < 4.78 is 5.66. The fourth-order valence-electron chi connectivity index (χ4n) is 3.56. The molecule has 1 aromatic rings. The number of likely N-dealkylation sites (tertiary alicyclic amines) is 2. The zero-order valence-corrected chi connectivity index (χ0v) is 12.6. The molecule has 1 N–H and O–H groups in total. The molecule has 112 valence electrons. The molecule has 0 bridgehead atoms. The average molecular weight is 277 g/mol. The zero-order valence-electron chi connectivity index (χ0n) is 12.6. The van der Waals surface area contributed by atoms with Crippen LogP contribution in [0.15, 0.2) is 16.7 Å². The SMILES string of the molecule is CNCc1coc(CN2CCC(N3CCCCC3)C2)c1. The number of rotatable bonds is 5. The molecule has 3 heterocycles. The summed E-state index contributed by atoms with van der Waals surface area (Å²) >= 11 is 0. The molecular formula is C16H27N3O. The number of hydrogen-bond acceptors (Lipinski definition) is 4. The summed E-state index contributed by atoms with van der Waals surface area (Å²) in [5, 5.41) is 3.16. The minimum atomic E-state index is 0.780. The predicted molar refractivity (Wildman–Crippen MR) is 80.6 cm³/mol. The van der Waals surface area contributed by atoms with Crippen molar-refractivity contribution in [2.24, 2.45) is 0 Å². The molecule has 3 rings (SSSR count). The number of nitrogens with one attached hydrogen (secondary N) is 1. The molecule has 0 radical (unpaired) electrons. The minimum absolute atomic E-state index is 0.780. The van der Waals surface area contributed by atoms with Crippen molar-refractivity contribution in [2.75, 3.05) is 33.2 Å². The Labute approximate surface area is 122 Å². The molecule has 0 aromatic carbocycles. The Morgan fingerprint density at radius 3 is 2.90 bits per heavy atom. The molecule has 4 nitrogen and oxygen atoms in total. The van der Waals surface area contributed by atoms with Gasteiger partial charge in [0.25, 0.3) is 0 Å². The van der Waals surface area contributed by atoms with Crippen molar-refractivity contribution < 1.29 is 4.42 Å². The number of hydrogen-bond donors (Lipinski definition) is 1. The molecule has 2 saturated heterocycles. The second-order valence-electron chi connectivity index (χ2n) is 6.23. The molecular weight excluding hydrogens is 250 g/mol. The van der Waals surface area contributed by atoms with Gasteiger partial charge in [-0.15, -0.1) is 0 Å². The quantitative estimate of drug-likeness (QED) is 0.893. The molecule has 1 aromatic heterocycles. The van der Waals surface area contributed by atoms with E-state index in [1.54, 1.807) is 0 Å². The second kappa shape index (κ2) is 6.74. The Bertz CT molecular complexity index is 412. The first-order valence-corrected chi connectivity index (χ1v) is 8.02. The van der Waals surface area contributed by atoms with E-state index in [0.29, 0.717) is 0 Å². The summed E-state index contributed by atoms with van der Waals surface area (Å²) in [5.41, 5.74) is 1.24. The Morgan fingerprint density at radius 2 is 2.10 bits per heavy atom. The van der Waals surface area contributed by atoms with Crippen LogP contribution in [0.1, 0.15) is 37.0 Å². The summed E-state index contributed by atoms with van der Waals surface area (Å²) in [6.45, 7) is 6.90. The zero-order chi connectivity index (χ0) is 13.8. The van der Waals surface area contributed by atoms with Gasteiger partial charge in [-0.3, -0.25) is 9.80 Å². The van der Waals surface area contributed by atoms with Crippen LogP contribution in [-0.2, 0) is 13.1 Å². The summed E-state index contributed by atoms with van der Waals surface area (Å²) in [6.07, 6.45) is 7.41. The van der Waals surface area contributed by atoms with E-state index < -0.39 is 0 Å². The molecule has 1 unspecified atom stereocenters. The molecule has 4 heteroatoms. The van der Waals surface area contributed by atoms with Crippen LogP contribution in [0.4, 0.5) is 0 Å². The fourth-order valence-corrected chi connectivity index (χ4v) is 3.56. The lowest BCUT2D eigenvalue weighted by Gasteiger charge is -2.32. The molecule has 1 atom stereocenters. The predicted octanol–water partition coefficient (Wildman–Crippen LogP) is 2.06. The van der Waals surface area contributed by atoms with Gasteiger partial charge in [-0.1, -0.05) is 6.42 Å². The molecule has 2 fully saturated rings. The molecule has 20 heavy (non-hydrogen) atoms. The van der Waals surface area contributed by atoms with Crippen molar-refractivity contribution in [1.29, 1.82) is 0 Å². The highest BCUT2D eigenvalue weighted by Gasteiger charge is 2.28. The highest BCUT2D eigenvalue weighted by molar-refractivity contribution is 5.12. The molecule has 2 aliphatic heterocycles. The van der Waals surface area contributed by atoms with Crippen LogP contribution in [0.25, 0.3) is 0 Å². The van der Waals surface area contributed by atoms with Crippen LogP contribution >= 0.6 is 0 Å². The second-order valence-corrected chi connectivity index (χ2v) is 6.23. The van der Waals surface area contributed by atoms with Crippen LogP contribution in [0.3, 0.4) is 0 Å². The fraction of sp³-hybridized carbons (Fsp3) is 0.750. The van der Waals surface area contributed by atoms with Gasteiger partial charge in [0.1, 0.15) is 5.76 Å². The summed E-state index contributed by atoms with van der Waals surface area (Å²) in [5.74, 6) is 1.11. The van der Waals surface area contributed by atoms with Gasteiger partial charge < -0.3 is 9.73 Å². The van der Waals surface area contributed by atoms with E-state index in [-0.39, 0.29) is 0 Å². The van der Waals surface area contributed by atoms with Crippen molar-refractivity contribution in [2.45, 2.75) is 44.8 Å². The van der Waals surface area contributed by atoms with Crippen LogP contribution in [0.2, 0.25) is 0 Å². The standard InChI is InChI=1S/C16H27N3O/c1-17-10-14-9-16(20-13-14)12-18-8-5-15(11-18)19-6-3-2-4-7-19/h9,13,15,17H,2-8,10-12H2,1H3. The first-order chi connectivity index (χ1) is 9.85. The summed E-state index contributed by atoms with van der Waals surface area (Å²) in [7, 11) is 1.97. The Morgan fingerprint density at radius 1 is 1.25 bits per heavy atom. The van der Waals surface area contributed by atoms with Crippen molar-refractivity contribution >= 4 is 0 Å². The third-order valence-corrected chi connectivity index (χ3v) is 4.62. The van der Waals surface area contributed by atoms with Gasteiger partial charge in [0.15, 0.2) is 0 Å². The van der Waals surface area contributed by atoms with Crippen LogP contribution in [0, 0.1) is 0 Å². The van der Waals surface area contributed by atoms with E-state index in [1.807, 2.05) is 13.3 Å². The largest absolute Gasteiger partial charge is 0.468 e. The van der Waals surface area contributed by atoms with Crippen molar-refractivity contribution in [3.8, 4) is 0 Å². The molecule has 2 aliphatic rings. The molecule has 0 saturated carbocycles. The van der Waals surface area contributed by atoms with Crippen LogP contribution in [0.5, 0.6) is 0 Å². The summed E-state index contributed by atoms with van der Waals surface area (Å²) in [6, 6.07) is 2.96. The van der Waals surface area contributed by atoms with E-state index in [4.69, 9.17) is 4.42 Å². The van der Waals surface area contributed by atoms with Gasteiger partial charge in [0.2, 0.25) is 0 Å². The average Bonchev–Trinajstić information content (AvgIpc) is 3.11. The van der Waals surface area contributed by atoms with Gasteiger partial charge in [-0.05, 0) is 45.5 Å². The maximum atomic E-state index is 5.66. The Hall–Kier alpha value is -0.840. The number of nitrogens with zero attached hydrogens (tertiary/aromatic N) is 2. The van der Waals surface area contributed by atoms with Gasteiger partial charge in [0.05, 0.1) is 12.8 Å².